The van der Waals surface area contributed by atoms with Crippen molar-refractivity contribution in [2.45, 2.75) is 56.9 Å². The van der Waals surface area contributed by atoms with Crippen molar-refractivity contribution >= 4 is 22.4 Å². The molecule has 0 aliphatic carbocycles. The van der Waals surface area contributed by atoms with Crippen LogP contribution in [0.4, 0.5) is 0 Å². The first-order valence-electron chi connectivity index (χ1n) is 8.04. The third kappa shape index (κ3) is 5.45. The third-order valence-electron chi connectivity index (χ3n) is 4.41. The fraction of sp³-hybridized carbons (Fsp3) is 0.647. The summed E-state index contributed by atoms with van der Waals surface area (Å²) in [6.07, 6.45) is 2.18. The van der Waals surface area contributed by atoms with E-state index in [0.717, 1.165) is 31.5 Å². The summed E-state index contributed by atoms with van der Waals surface area (Å²) in [4.78, 5) is 0.344. The van der Waals surface area contributed by atoms with Gasteiger partial charge < -0.3 is 5.32 Å². The molecule has 2 N–H and O–H groups in total. The van der Waals surface area contributed by atoms with E-state index >= 15 is 0 Å². The maximum absolute atomic E-state index is 12.5. The van der Waals surface area contributed by atoms with Crippen LogP contribution in [0.1, 0.15) is 46.1 Å². The van der Waals surface area contributed by atoms with Crippen molar-refractivity contribution < 1.29 is 8.42 Å². The Morgan fingerprint density at radius 3 is 2.30 bits per heavy atom. The molecule has 0 amide bonds. The van der Waals surface area contributed by atoms with Crippen LogP contribution in [0.15, 0.2) is 29.2 Å². The Hall–Kier alpha value is -0.620. The monoisotopic (exact) mass is 360 g/mol. The van der Waals surface area contributed by atoms with Gasteiger partial charge in [-0.3, -0.25) is 0 Å². The molecule has 0 aromatic heterocycles. The van der Waals surface area contributed by atoms with Crippen molar-refractivity contribution in [1.82, 2.24) is 10.0 Å². The molecule has 2 atom stereocenters. The maximum Gasteiger partial charge on any atom is 0.240 e. The topological polar surface area (TPSA) is 58.2 Å². The Morgan fingerprint density at radius 2 is 1.83 bits per heavy atom. The van der Waals surface area contributed by atoms with E-state index in [9.17, 15) is 8.42 Å². The van der Waals surface area contributed by atoms with Crippen LogP contribution in [0.2, 0.25) is 0 Å². The number of halogens is 1. The van der Waals surface area contributed by atoms with Crippen LogP contribution in [0, 0.1) is 5.92 Å². The Labute approximate surface area is 146 Å². The summed E-state index contributed by atoms with van der Waals surface area (Å²) >= 11 is 0. The molecule has 1 aliphatic rings. The Balaban J connectivity index is 0.00000264. The highest BCUT2D eigenvalue weighted by atomic mass is 35.5. The molecule has 1 aromatic carbocycles. The average molecular weight is 361 g/mol. The van der Waals surface area contributed by atoms with Gasteiger partial charge in [-0.1, -0.05) is 32.9 Å². The van der Waals surface area contributed by atoms with Gasteiger partial charge in [0.1, 0.15) is 0 Å². The van der Waals surface area contributed by atoms with Gasteiger partial charge in [-0.25, -0.2) is 13.1 Å². The molecular weight excluding hydrogens is 332 g/mol. The molecule has 1 fully saturated rings. The first-order valence-corrected chi connectivity index (χ1v) is 9.52. The molecule has 2 unspecified atom stereocenters. The van der Waals surface area contributed by atoms with Gasteiger partial charge in [0.25, 0.3) is 0 Å². The van der Waals surface area contributed by atoms with Crippen molar-refractivity contribution in [3.63, 3.8) is 0 Å². The van der Waals surface area contributed by atoms with Crippen molar-refractivity contribution in [3.8, 4) is 0 Å². The standard InChI is InChI=1S/C17H28N2O2S.ClH/c1-13(14-6-5-11-18-12-14)19-22(20,21)16-9-7-15(8-10-16)17(2,3)4;/h7-10,13-14,18-19H,5-6,11-12H2,1-4H3;1H. The van der Waals surface area contributed by atoms with E-state index in [1.165, 1.54) is 0 Å². The second-order valence-electron chi connectivity index (χ2n) is 7.29. The van der Waals surface area contributed by atoms with Gasteiger partial charge in [-0.05, 0) is 61.9 Å². The average Bonchev–Trinajstić information content (AvgIpc) is 2.47. The van der Waals surface area contributed by atoms with E-state index in [1.807, 2.05) is 19.1 Å². The number of hydrogen-bond acceptors (Lipinski definition) is 3. The summed E-state index contributed by atoms with van der Waals surface area (Å²) in [5.41, 5.74) is 1.16. The lowest BCUT2D eigenvalue weighted by Crippen LogP contribution is -2.44. The minimum Gasteiger partial charge on any atom is -0.316 e. The molecule has 1 aromatic rings. The predicted octanol–water partition coefficient (Wildman–Crippen LogP) is 3.07. The highest BCUT2D eigenvalue weighted by Gasteiger charge is 2.25. The van der Waals surface area contributed by atoms with Crippen LogP contribution < -0.4 is 10.0 Å². The number of hydrogen-bond donors (Lipinski definition) is 2. The van der Waals surface area contributed by atoms with Gasteiger partial charge in [0.15, 0.2) is 0 Å². The fourth-order valence-electron chi connectivity index (χ4n) is 2.85. The first-order chi connectivity index (χ1) is 10.2. The molecular formula is C17H29ClN2O2S. The summed E-state index contributed by atoms with van der Waals surface area (Å²) in [6, 6.07) is 7.16. The second kappa shape index (κ2) is 7.97. The van der Waals surface area contributed by atoms with E-state index in [4.69, 9.17) is 0 Å². The smallest absolute Gasteiger partial charge is 0.240 e. The molecule has 23 heavy (non-hydrogen) atoms. The minimum atomic E-state index is -3.45. The normalized spacial score (nSPS) is 20.6. The lowest BCUT2D eigenvalue weighted by atomic mass is 9.87. The Morgan fingerprint density at radius 1 is 1.22 bits per heavy atom. The van der Waals surface area contributed by atoms with Crippen molar-refractivity contribution in [2.75, 3.05) is 13.1 Å². The summed E-state index contributed by atoms with van der Waals surface area (Å²) in [7, 11) is -3.45. The molecule has 132 valence electrons. The van der Waals surface area contributed by atoms with Gasteiger partial charge in [-0.2, -0.15) is 0 Å². The van der Waals surface area contributed by atoms with Crippen LogP contribution >= 0.6 is 12.4 Å². The molecule has 0 radical (unpaired) electrons. The fourth-order valence-corrected chi connectivity index (χ4v) is 4.16. The number of piperidine rings is 1. The zero-order valence-corrected chi connectivity index (χ0v) is 16.1. The van der Waals surface area contributed by atoms with Gasteiger partial charge in [0, 0.05) is 6.04 Å². The van der Waals surface area contributed by atoms with Crippen LogP contribution in [0.5, 0.6) is 0 Å². The van der Waals surface area contributed by atoms with E-state index in [-0.39, 0.29) is 23.9 Å². The first kappa shape index (κ1) is 20.4. The van der Waals surface area contributed by atoms with Crippen LogP contribution in [-0.2, 0) is 15.4 Å². The third-order valence-corrected chi connectivity index (χ3v) is 5.99. The SMILES string of the molecule is CC(NS(=O)(=O)c1ccc(C(C)(C)C)cc1)C1CCCNC1.Cl. The van der Waals surface area contributed by atoms with Gasteiger partial charge in [0.2, 0.25) is 10.0 Å². The highest BCUT2D eigenvalue weighted by Crippen LogP contribution is 2.24. The molecule has 1 heterocycles. The van der Waals surface area contributed by atoms with Crippen molar-refractivity contribution in [2.24, 2.45) is 5.92 Å². The zero-order valence-electron chi connectivity index (χ0n) is 14.4. The van der Waals surface area contributed by atoms with Crippen molar-refractivity contribution in [3.05, 3.63) is 29.8 Å². The van der Waals surface area contributed by atoms with Crippen molar-refractivity contribution in [1.29, 1.82) is 0 Å². The summed E-state index contributed by atoms with van der Waals surface area (Å²) < 4.78 is 27.9. The van der Waals surface area contributed by atoms with Crippen LogP contribution in [-0.4, -0.2) is 27.5 Å². The highest BCUT2D eigenvalue weighted by molar-refractivity contribution is 7.89. The minimum absolute atomic E-state index is 0. The van der Waals surface area contributed by atoms with E-state index in [0.29, 0.717) is 10.8 Å². The lowest BCUT2D eigenvalue weighted by molar-refractivity contribution is 0.320. The predicted molar refractivity (Wildman–Crippen MR) is 97.8 cm³/mol. The Kier molecular flexibility index (Phi) is 7.08. The molecule has 6 heteroatoms. The number of benzene rings is 1. The second-order valence-corrected chi connectivity index (χ2v) is 9.00. The molecule has 4 nitrogen and oxygen atoms in total. The number of sulfonamides is 1. The quantitative estimate of drug-likeness (QED) is 0.867. The van der Waals surface area contributed by atoms with Crippen LogP contribution in [0.3, 0.4) is 0 Å². The van der Waals surface area contributed by atoms with Crippen LogP contribution in [0.25, 0.3) is 0 Å². The number of rotatable bonds is 4. The zero-order chi connectivity index (χ0) is 16.4. The molecule has 1 aliphatic heterocycles. The summed E-state index contributed by atoms with van der Waals surface area (Å²) in [6.45, 7) is 10.2. The largest absolute Gasteiger partial charge is 0.316 e. The summed E-state index contributed by atoms with van der Waals surface area (Å²) in [5.74, 6) is 0.359. The molecule has 1 saturated heterocycles. The van der Waals surface area contributed by atoms with Gasteiger partial charge in [-0.15, -0.1) is 12.4 Å². The van der Waals surface area contributed by atoms with E-state index in [1.54, 1.807) is 12.1 Å². The maximum atomic E-state index is 12.5. The molecule has 0 saturated carbocycles. The van der Waals surface area contributed by atoms with E-state index < -0.39 is 10.0 Å². The van der Waals surface area contributed by atoms with Gasteiger partial charge in [0.05, 0.1) is 4.90 Å². The van der Waals surface area contributed by atoms with Gasteiger partial charge >= 0.3 is 0 Å². The van der Waals surface area contributed by atoms with E-state index in [2.05, 4.69) is 30.8 Å². The molecule has 0 spiro atoms. The Bertz CT molecular complexity index is 588. The molecule has 0 bridgehead atoms. The molecule has 2 rings (SSSR count). The summed E-state index contributed by atoms with van der Waals surface area (Å²) in [5, 5.41) is 3.33. The lowest BCUT2D eigenvalue weighted by Gasteiger charge is -2.28. The number of nitrogens with one attached hydrogen (secondary N) is 2.